The maximum atomic E-state index is 12.2. The molecule has 0 radical (unpaired) electrons. The number of aryl methyl sites for hydroxylation is 1. The van der Waals surface area contributed by atoms with Crippen LogP contribution < -0.4 is 5.73 Å². The van der Waals surface area contributed by atoms with Crippen LogP contribution in [0.25, 0.3) is 9.88 Å². The Kier molecular flexibility index (Phi) is 4.42. The molecule has 0 saturated carbocycles. The summed E-state index contributed by atoms with van der Waals surface area (Å²) in [6.07, 6.45) is 0. The zero-order valence-corrected chi connectivity index (χ0v) is 13.2. The van der Waals surface area contributed by atoms with Crippen molar-refractivity contribution < 1.29 is 9.59 Å². The summed E-state index contributed by atoms with van der Waals surface area (Å²) in [6, 6.07) is 3.66. The highest BCUT2D eigenvalue weighted by molar-refractivity contribution is 7.24. The zero-order chi connectivity index (χ0) is 14.9. The van der Waals surface area contributed by atoms with Crippen LogP contribution in [0.4, 0.5) is 0 Å². The summed E-state index contributed by atoms with van der Waals surface area (Å²) in [5.41, 5.74) is 5.72. The number of thiophene rings is 1. The van der Waals surface area contributed by atoms with Crippen LogP contribution in [0, 0.1) is 6.92 Å². The molecule has 0 aromatic carbocycles. The van der Waals surface area contributed by atoms with Crippen molar-refractivity contribution in [1.82, 2.24) is 9.88 Å². The average Bonchev–Trinajstić information content (AvgIpc) is 2.93. The highest BCUT2D eigenvalue weighted by atomic mass is 35.5. The van der Waals surface area contributed by atoms with Gasteiger partial charge in [0.1, 0.15) is 9.88 Å². The fraction of sp³-hybridized carbons (Fsp3) is 0.250. The molecule has 0 spiro atoms. The molecule has 2 aromatic rings. The van der Waals surface area contributed by atoms with Crippen LogP contribution in [-0.2, 0) is 4.79 Å². The Hall–Kier alpha value is -1.44. The summed E-state index contributed by atoms with van der Waals surface area (Å²) in [6.45, 7) is 1.65. The number of thiazole rings is 1. The van der Waals surface area contributed by atoms with E-state index < -0.39 is 5.91 Å². The van der Waals surface area contributed by atoms with Crippen LogP contribution in [0.2, 0.25) is 4.34 Å². The van der Waals surface area contributed by atoms with Crippen molar-refractivity contribution >= 4 is 46.1 Å². The van der Waals surface area contributed by atoms with Gasteiger partial charge in [-0.1, -0.05) is 11.6 Å². The lowest BCUT2D eigenvalue weighted by atomic mass is 10.3. The monoisotopic (exact) mass is 329 g/mol. The molecule has 0 aliphatic heterocycles. The summed E-state index contributed by atoms with van der Waals surface area (Å²) in [7, 11) is 1.54. The molecular formula is C12H12ClN3O2S2. The molecule has 5 nitrogen and oxygen atoms in total. The third-order valence-corrected chi connectivity index (χ3v) is 5.06. The first kappa shape index (κ1) is 15.0. The Morgan fingerprint density at radius 2 is 2.10 bits per heavy atom. The Labute approximate surface area is 129 Å². The Morgan fingerprint density at radius 3 is 2.65 bits per heavy atom. The lowest BCUT2D eigenvalue weighted by Gasteiger charge is -2.13. The molecule has 2 rings (SSSR count). The molecule has 2 heterocycles. The number of nitrogens with zero attached hydrogens (tertiary/aromatic N) is 2. The molecule has 8 heteroatoms. The van der Waals surface area contributed by atoms with E-state index in [4.69, 9.17) is 17.3 Å². The van der Waals surface area contributed by atoms with Crippen LogP contribution in [0.5, 0.6) is 0 Å². The fourth-order valence-corrected chi connectivity index (χ4v) is 3.77. The second-order valence-corrected chi connectivity index (χ2v) is 6.88. The van der Waals surface area contributed by atoms with Gasteiger partial charge in [-0.05, 0) is 19.1 Å². The maximum absolute atomic E-state index is 12.2. The predicted octanol–water partition coefficient (Wildman–Crippen LogP) is 2.39. The Bertz CT molecular complexity index is 665. The molecule has 20 heavy (non-hydrogen) atoms. The van der Waals surface area contributed by atoms with E-state index >= 15 is 0 Å². The maximum Gasteiger partial charge on any atom is 0.266 e. The summed E-state index contributed by atoms with van der Waals surface area (Å²) < 4.78 is 0.673. The predicted molar refractivity (Wildman–Crippen MR) is 81.3 cm³/mol. The van der Waals surface area contributed by atoms with Gasteiger partial charge in [-0.2, -0.15) is 0 Å². The number of rotatable bonds is 4. The van der Waals surface area contributed by atoms with Crippen LogP contribution in [0.1, 0.15) is 15.4 Å². The molecule has 0 bridgehead atoms. The van der Waals surface area contributed by atoms with Crippen molar-refractivity contribution in [3.8, 4) is 9.88 Å². The summed E-state index contributed by atoms with van der Waals surface area (Å²) in [4.78, 5) is 30.2. The Balaban J connectivity index is 2.27. The number of carbonyl (C=O) groups is 2. The average molecular weight is 330 g/mol. The minimum Gasteiger partial charge on any atom is -0.368 e. The zero-order valence-electron chi connectivity index (χ0n) is 10.8. The first-order valence-electron chi connectivity index (χ1n) is 5.65. The van der Waals surface area contributed by atoms with Crippen molar-refractivity contribution in [2.45, 2.75) is 6.92 Å². The molecule has 0 atom stereocenters. The highest BCUT2D eigenvalue weighted by Gasteiger charge is 2.21. The molecule has 0 fully saturated rings. The highest BCUT2D eigenvalue weighted by Crippen LogP contribution is 2.35. The normalized spacial score (nSPS) is 10.6. The number of primary amides is 1. The van der Waals surface area contributed by atoms with Gasteiger partial charge in [0, 0.05) is 7.05 Å². The van der Waals surface area contributed by atoms with E-state index in [9.17, 15) is 9.59 Å². The number of aromatic nitrogens is 1. The number of amides is 2. The molecule has 0 unspecified atom stereocenters. The molecular weight excluding hydrogens is 318 g/mol. The van der Waals surface area contributed by atoms with Gasteiger partial charge in [-0.3, -0.25) is 9.59 Å². The summed E-state index contributed by atoms with van der Waals surface area (Å²) >= 11 is 8.59. The van der Waals surface area contributed by atoms with Gasteiger partial charge in [-0.15, -0.1) is 22.7 Å². The van der Waals surface area contributed by atoms with Crippen molar-refractivity contribution in [2.75, 3.05) is 13.6 Å². The second kappa shape index (κ2) is 5.90. The van der Waals surface area contributed by atoms with Crippen LogP contribution in [-0.4, -0.2) is 35.3 Å². The number of hydrogen-bond acceptors (Lipinski definition) is 5. The van der Waals surface area contributed by atoms with Gasteiger partial charge in [0.05, 0.1) is 21.5 Å². The van der Waals surface area contributed by atoms with E-state index in [1.54, 1.807) is 13.0 Å². The van der Waals surface area contributed by atoms with Gasteiger partial charge in [-0.25, -0.2) is 4.98 Å². The van der Waals surface area contributed by atoms with Gasteiger partial charge in [0.25, 0.3) is 5.91 Å². The minimum absolute atomic E-state index is 0.115. The van der Waals surface area contributed by atoms with Crippen molar-refractivity contribution in [3.05, 3.63) is 27.0 Å². The number of carbonyl (C=O) groups excluding carboxylic acids is 2. The molecule has 2 N–H and O–H groups in total. The molecule has 0 saturated heterocycles. The molecule has 0 aliphatic carbocycles. The number of nitrogens with two attached hydrogens (primary N) is 1. The standard InChI is InChI=1S/C12H12ClN3O2S2/c1-6-10(12(18)16(2)5-9(14)17)20-11(15-6)7-3-4-8(13)19-7/h3-4H,5H2,1-2H3,(H2,14,17). The topological polar surface area (TPSA) is 76.3 Å². The summed E-state index contributed by atoms with van der Waals surface area (Å²) in [5.74, 6) is -0.805. The van der Waals surface area contributed by atoms with Crippen LogP contribution in [0.15, 0.2) is 12.1 Å². The van der Waals surface area contributed by atoms with E-state index in [1.807, 2.05) is 6.07 Å². The first-order chi connectivity index (χ1) is 9.38. The number of halogens is 1. The van der Waals surface area contributed by atoms with E-state index in [1.165, 1.54) is 34.6 Å². The third-order valence-electron chi connectivity index (χ3n) is 2.51. The number of likely N-dealkylation sites (N-methyl/N-ethyl adjacent to an activating group) is 1. The SMILES string of the molecule is Cc1nc(-c2ccc(Cl)s2)sc1C(=O)N(C)CC(N)=O. The van der Waals surface area contributed by atoms with Gasteiger partial charge >= 0.3 is 0 Å². The van der Waals surface area contributed by atoms with E-state index in [0.29, 0.717) is 14.9 Å². The van der Waals surface area contributed by atoms with Crippen molar-refractivity contribution in [1.29, 1.82) is 0 Å². The lowest BCUT2D eigenvalue weighted by molar-refractivity contribution is -0.118. The van der Waals surface area contributed by atoms with Crippen molar-refractivity contribution in [2.24, 2.45) is 5.73 Å². The van der Waals surface area contributed by atoms with E-state index in [0.717, 1.165) is 9.88 Å². The molecule has 0 aliphatic rings. The fourth-order valence-electron chi connectivity index (χ4n) is 1.61. The second-order valence-electron chi connectivity index (χ2n) is 4.16. The first-order valence-corrected chi connectivity index (χ1v) is 7.66. The largest absolute Gasteiger partial charge is 0.368 e. The molecule has 2 aromatic heterocycles. The van der Waals surface area contributed by atoms with Crippen molar-refractivity contribution in [3.63, 3.8) is 0 Å². The van der Waals surface area contributed by atoms with Gasteiger partial charge in [0.2, 0.25) is 5.91 Å². The van der Waals surface area contributed by atoms with E-state index in [2.05, 4.69) is 4.98 Å². The van der Waals surface area contributed by atoms with Crippen LogP contribution >= 0.6 is 34.3 Å². The smallest absolute Gasteiger partial charge is 0.266 e. The van der Waals surface area contributed by atoms with Crippen LogP contribution in [0.3, 0.4) is 0 Å². The summed E-state index contributed by atoms with van der Waals surface area (Å²) in [5, 5.41) is 0.746. The van der Waals surface area contributed by atoms with E-state index in [-0.39, 0.29) is 12.5 Å². The third kappa shape index (κ3) is 3.17. The lowest BCUT2D eigenvalue weighted by Crippen LogP contribution is -2.35. The molecule has 2 amide bonds. The quantitative estimate of drug-likeness (QED) is 0.935. The minimum atomic E-state index is -0.548. The van der Waals surface area contributed by atoms with Gasteiger partial charge < -0.3 is 10.6 Å². The van der Waals surface area contributed by atoms with Gasteiger partial charge in [0.15, 0.2) is 0 Å². The molecule has 106 valence electrons. The Morgan fingerprint density at radius 1 is 1.40 bits per heavy atom. The number of hydrogen-bond donors (Lipinski definition) is 1.